The van der Waals surface area contributed by atoms with Crippen molar-refractivity contribution < 1.29 is 9.53 Å². The molecular weight excluding hydrogens is 382 g/mol. The maximum atomic E-state index is 12.2. The lowest BCUT2D eigenvalue weighted by atomic mass is 10.0. The number of hydrogen-bond acceptors (Lipinski definition) is 7. The Hall–Kier alpha value is -3.49. The summed E-state index contributed by atoms with van der Waals surface area (Å²) in [5.74, 6) is 1.19. The number of nitrogens with zero attached hydrogens (tertiary/aromatic N) is 6. The van der Waals surface area contributed by atoms with Crippen LogP contribution < -0.4 is 10.2 Å². The molecule has 3 aromatic rings. The Morgan fingerprint density at radius 2 is 2.00 bits per heavy atom. The number of nitrogens with one attached hydrogen (secondary N) is 1. The van der Waals surface area contributed by atoms with Gasteiger partial charge in [-0.1, -0.05) is 49.4 Å². The maximum Gasteiger partial charge on any atom is 0.415 e. The van der Waals surface area contributed by atoms with Gasteiger partial charge in [0.2, 0.25) is 5.95 Å². The third-order valence-electron chi connectivity index (χ3n) is 5.10. The molecule has 2 aromatic heterocycles. The first-order valence-electron chi connectivity index (χ1n) is 10.0. The molecule has 1 aliphatic heterocycles. The van der Waals surface area contributed by atoms with Crippen molar-refractivity contribution in [2.45, 2.75) is 39.4 Å². The highest BCUT2D eigenvalue weighted by Crippen LogP contribution is 2.26. The molecule has 156 valence electrons. The third kappa shape index (κ3) is 4.24. The van der Waals surface area contributed by atoms with Crippen molar-refractivity contribution in [2.75, 3.05) is 16.8 Å². The third-order valence-corrected chi connectivity index (χ3v) is 5.10. The summed E-state index contributed by atoms with van der Waals surface area (Å²) < 4.78 is 7.02. The first-order valence-corrected chi connectivity index (χ1v) is 10.0. The van der Waals surface area contributed by atoms with E-state index in [-0.39, 0.29) is 24.1 Å². The maximum absolute atomic E-state index is 12.2. The van der Waals surface area contributed by atoms with E-state index < -0.39 is 0 Å². The van der Waals surface area contributed by atoms with E-state index in [9.17, 15) is 4.79 Å². The Labute approximate surface area is 175 Å². The molecule has 30 heavy (non-hydrogen) atoms. The molecule has 1 saturated heterocycles. The average molecular weight is 407 g/mol. The SMILES string of the molecule is CC(C)[C@H]1COC(=O)N1c1ccnc(N[C@H](C)c2cn(Cc3ccccc3)nn2)n1. The smallest absolute Gasteiger partial charge is 0.415 e. The zero-order valence-corrected chi connectivity index (χ0v) is 17.3. The highest BCUT2D eigenvalue weighted by molar-refractivity contribution is 5.89. The van der Waals surface area contributed by atoms with Gasteiger partial charge in [0.15, 0.2) is 0 Å². The van der Waals surface area contributed by atoms with Gasteiger partial charge in [0, 0.05) is 6.20 Å². The Balaban J connectivity index is 1.46. The second-order valence-corrected chi connectivity index (χ2v) is 7.69. The van der Waals surface area contributed by atoms with E-state index >= 15 is 0 Å². The van der Waals surface area contributed by atoms with Crippen LogP contribution >= 0.6 is 0 Å². The summed E-state index contributed by atoms with van der Waals surface area (Å²) in [6, 6.07) is 11.6. The van der Waals surface area contributed by atoms with Crippen LogP contribution in [0.2, 0.25) is 0 Å². The highest BCUT2D eigenvalue weighted by atomic mass is 16.6. The first kappa shape index (κ1) is 19.8. The Morgan fingerprint density at radius 1 is 1.20 bits per heavy atom. The summed E-state index contributed by atoms with van der Waals surface area (Å²) in [6.07, 6.45) is 3.16. The van der Waals surface area contributed by atoms with E-state index in [2.05, 4.69) is 51.6 Å². The lowest BCUT2D eigenvalue weighted by Crippen LogP contribution is -2.37. The predicted octanol–water partition coefficient (Wildman–Crippen LogP) is 3.27. The van der Waals surface area contributed by atoms with Crippen LogP contribution in [0.3, 0.4) is 0 Å². The zero-order valence-electron chi connectivity index (χ0n) is 17.3. The summed E-state index contributed by atoms with van der Waals surface area (Å²) in [5.41, 5.74) is 1.93. The second-order valence-electron chi connectivity index (χ2n) is 7.69. The Morgan fingerprint density at radius 3 is 2.77 bits per heavy atom. The second kappa shape index (κ2) is 8.48. The van der Waals surface area contributed by atoms with E-state index in [1.807, 2.05) is 31.3 Å². The van der Waals surface area contributed by atoms with Crippen LogP contribution in [-0.4, -0.2) is 43.7 Å². The molecule has 0 radical (unpaired) electrons. The van der Waals surface area contributed by atoms with Crippen LogP contribution in [0.1, 0.15) is 38.1 Å². The lowest BCUT2D eigenvalue weighted by molar-refractivity contribution is 0.177. The van der Waals surface area contributed by atoms with Gasteiger partial charge in [-0.25, -0.2) is 14.5 Å². The van der Waals surface area contributed by atoms with Crippen LogP contribution in [-0.2, 0) is 11.3 Å². The number of carbonyl (C=O) groups excluding carboxylic acids is 1. The molecule has 1 amide bonds. The van der Waals surface area contributed by atoms with Crippen molar-refractivity contribution in [3.63, 3.8) is 0 Å². The standard InChI is InChI=1S/C21H25N7O2/c1-14(2)18-13-30-21(29)28(18)19-9-10-22-20(24-19)23-15(3)17-12-27(26-25-17)11-16-7-5-4-6-8-16/h4-10,12,14-15,18H,11,13H2,1-3H3,(H,22,23,24)/t15-,18-/m1/s1. The fraction of sp³-hybridized carbons (Fsp3) is 0.381. The van der Waals surface area contributed by atoms with Crippen LogP contribution in [0.25, 0.3) is 0 Å². The van der Waals surface area contributed by atoms with E-state index in [1.54, 1.807) is 21.8 Å². The van der Waals surface area contributed by atoms with E-state index in [1.165, 1.54) is 0 Å². The first-order chi connectivity index (χ1) is 14.5. The number of cyclic esters (lactones) is 1. The molecule has 1 N–H and O–H groups in total. The zero-order chi connectivity index (χ0) is 21.1. The molecule has 0 unspecified atom stereocenters. The predicted molar refractivity (Wildman–Crippen MR) is 112 cm³/mol. The molecule has 9 heteroatoms. The Kier molecular flexibility index (Phi) is 5.60. The van der Waals surface area contributed by atoms with Gasteiger partial charge in [0.25, 0.3) is 0 Å². The lowest BCUT2D eigenvalue weighted by Gasteiger charge is -2.23. The minimum Gasteiger partial charge on any atom is -0.447 e. The molecule has 0 bridgehead atoms. The topological polar surface area (TPSA) is 98.1 Å². The minimum atomic E-state index is -0.379. The van der Waals surface area contributed by atoms with Gasteiger partial charge in [-0.2, -0.15) is 4.98 Å². The van der Waals surface area contributed by atoms with E-state index in [0.29, 0.717) is 24.9 Å². The summed E-state index contributed by atoms with van der Waals surface area (Å²) in [6.45, 7) is 7.10. The van der Waals surface area contributed by atoms with Crippen molar-refractivity contribution in [2.24, 2.45) is 5.92 Å². The number of anilines is 2. The van der Waals surface area contributed by atoms with Gasteiger partial charge in [0.05, 0.1) is 24.8 Å². The molecule has 1 fully saturated rings. The van der Waals surface area contributed by atoms with Crippen LogP contribution in [0.5, 0.6) is 0 Å². The van der Waals surface area contributed by atoms with Crippen LogP contribution in [0.4, 0.5) is 16.6 Å². The number of hydrogen-bond donors (Lipinski definition) is 1. The normalized spacial score (nSPS) is 17.3. The van der Waals surface area contributed by atoms with Crippen molar-refractivity contribution in [1.29, 1.82) is 0 Å². The molecular formula is C21H25N7O2. The van der Waals surface area contributed by atoms with E-state index in [4.69, 9.17) is 4.74 Å². The molecule has 9 nitrogen and oxygen atoms in total. The number of benzene rings is 1. The van der Waals surface area contributed by atoms with E-state index in [0.717, 1.165) is 11.3 Å². The molecule has 0 saturated carbocycles. The highest BCUT2D eigenvalue weighted by Gasteiger charge is 2.37. The average Bonchev–Trinajstić information content (AvgIpc) is 3.36. The van der Waals surface area contributed by atoms with Gasteiger partial charge in [-0.3, -0.25) is 4.90 Å². The summed E-state index contributed by atoms with van der Waals surface area (Å²) in [4.78, 5) is 22.6. The molecule has 2 atom stereocenters. The summed E-state index contributed by atoms with van der Waals surface area (Å²) in [7, 11) is 0. The monoisotopic (exact) mass is 407 g/mol. The molecule has 1 aliphatic rings. The van der Waals surface area contributed by atoms with Crippen LogP contribution in [0, 0.1) is 5.92 Å². The number of amides is 1. The van der Waals surface area contributed by atoms with Gasteiger partial charge in [-0.15, -0.1) is 5.10 Å². The largest absolute Gasteiger partial charge is 0.447 e. The molecule has 0 spiro atoms. The number of rotatable bonds is 7. The van der Waals surface area contributed by atoms with Crippen molar-refractivity contribution in [3.05, 3.63) is 60.0 Å². The fourth-order valence-electron chi connectivity index (χ4n) is 3.37. The number of aromatic nitrogens is 5. The summed E-state index contributed by atoms with van der Waals surface area (Å²) in [5, 5.41) is 11.7. The molecule has 1 aromatic carbocycles. The van der Waals surface area contributed by atoms with Crippen molar-refractivity contribution in [3.8, 4) is 0 Å². The quantitative estimate of drug-likeness (QED) is 0.642. The van der Waals surface area contributed by atoms with Gasteiger partial charge in [-0.05, 0) is 24.5 Å². The van der Waals surface area contributed by atoms with Crippen molar-refractivity contribution >= 4 is 17.9 Å². The molecule has 4 rings (SSSR count). The fourth-order valence-corrected chi connectivity index (χ4v) is 3.37. The number of ether oxygens (including phenoxy) is 1. The van der Waals surface area contributed by atoms with Crippen LogP contribution in [0.15, 0.2) is 48.8 Å². The molecule has 3 heterocycles. The number of carbonyl (C=O) groups is 1. The Bertz CT molecular complexity index is 1010. The summed E-state index contributed by atoms with van der Waals surface area (Å²) >= 11 is 0. The van der Waals surface area contributed by atoms with Gasteiger partial charge in [0.1, 0.15) is 18.1 Å². The van der Waals surface area contributed by atoms with Gasteiger partial charge >= 0.3 is 6.09 Å². The van der Waals surface area contributed by atoms with Gasteiger partial charge < -0.3 is 10.1 Å². The minimum absolute atomic E-state index is 0.0458. The molecule has 0 aliphatic carbocycles. The van der Waals surface area contributed by atoms with Crippen molar-refractivity contribution in [1.82, 2.24) is 25.0 Å².